The molecule has 1 atom stereocenters. The molecule has 38 heavy (non-hydrogen) atoms. The van der Waals surface area contributed by atoms with Crippen molar-refractivity contribution in [3.63, 3.8) is 0 Å². The summed E-state index contributed by atoms with van der Waals surface area (Å²) < 4.78 is 16.7. The molecule has 0 unspecified atom stereocenters. The number of amides is 2. The number of rotatable bonds is 11. The van der Waals surface area contributed by atoms with E-state index in [-0.39, 0.29) is 24.3 Å². The van der Waals surface area contributed by atoms with Gasteiger partial charge in [-0.2, -0.15) is 0 Å². The minimum Gasteiger partial charge on any atom is -0.497 e. The molecular formula is C31H36N2O5. The average Bonchev–Trinajstić information content (AvgIpc) is 2.93. The Kier molecular flexibility index (Phi) is 9.25. The molecule has 2 amide bonds. The van der Waals surface area contributed by atoms with Crippen LogP contribution in [0.25, 0.3) is 0 Å². The number of nitrogens with zero attached hydrogens (tertiary/aromatic N) is 1. The van der Waals surface area contributed by atoms with Crippen LogP contribution in [0.3, 0.4) is 0 Å². The maximum Gasteiger partial charge on any atom is 0.243 e. The molecule has 200 valence electrons. The van der Waals surface area contributed by atoms with Crippen LogP contribution < -0.4 is 19.5 Å². The second-order valence-electron chi connectivity index (χ2n) is 9.72. The molecular weight excluding hydrogens is 480 g/mol. The fourth-order valence-electron chi connectivity index (χ4n) is 4.54. The molecule has 1 aliphatic heterocycles. The summed E-state index contributed by atoms with van der Waals surface area (Å²) in [6, 6.07) is 22.5. The maximum absolute atomic E-state index is 13.8. The molecule has 0 saturated heterocycles. The van der Waals surface area contributed by atoms with Gasteiger partial charge < -0.3 is 24.4 Å². The van der Waals surface area contributed by atoms with Gasteiger partial charge >= 0.3 is 0 Å². The molecule has 1 aliphatic rings. The quantitative estimate of drug-likeness (QED) is 0.404. The monoisotopic (exact) mass is 516 g/mol. The average molecular weight is 517 g/mol. The largest absolute Gasteiger partial charge is 0.497 e. The number of methoxy groups -OCH3 is 1. The molecule has 4 rings (SSSR count). The lowest BCUT2D eigenvalue weighted by Crippen LogP contribution is -2.51. The van der Waals surface area contributed by atoms with Gasteiger partial charge in [0.05, 0.1) is 7.11 Å². The fraction of sp³-hybridized carbons (Fsp3) is 0.355. The number of hydrogen-bond donors (Lipinski definition) is 1. The summed E-state index contributed by atoms with van der Waals surface area (Å²) in [7, 11) is 1.61. The van der Waals surface area contributed by atoms with Gasteiger partial charge in [-0.15, -0.1) is 0 Å². The van der Waals surface area contributed by atoms with E-state index in [1.807, 2.05) is 86.6 Å². The van der Waals surface area contributed by atoms with E-state index in [1.54, 1.807) is 12.0 Å². The van der Waals surface area contributed by atoms with Crippen molar-refractivity contribution >= 4 is 11.8 Å². The van der Waals surface area contributed by atoms with E-state index in [0.29, 0.717) is 44.1 Å². The van der Waals surface area contributed by atoms with Crippen LogP contribution in [-0.4, -0.2) is 49.1 Å². The third-order valence-electron chi connectivity index (χ3n) is 6.42. The predicted molar refractivity (Wildman–Crippen MR) is 147 cm³/mol. The van der Waals surface area contributed by atoms with Crippen LogP contribution in [0.5, 0.6) is 17.2 Å². The van der Waals surface area contributed by atoms with Crippen LogP contribution in [-0.2, 0) is 29.0 Å². The topological polar surface area (TPSA) is 77.1 Å². The van der Waals surface area contributed by atoms with E-state index in [1.165, 1.54) is 0 Å². The Hall–Kier alpha value is -4.00. The lowest BCUT2D eigenvalue weighted by atomic mass is 10.0. The number of carbonyl (C=O) groups excluding carboxylic acids is 2. The Morgan fingerprint density at radius 1 is 0.895 bits per heavy atom. The highest BCUT2D eigenvalue weighted by Crippen LogP contribution is 2.31. The molecule has 0 saturated carbocycles. The molecule has 0 spiro atoms. The van der Waals surface area contributed by atoms with Gasteiger partial charge in [-0.3, -0.25) is 9.59 Å². The smallest absolute Gasteiger partial charge is 0.243 e. The number of aryl methyl sites for hydroxylation is 1. The van der Waals surface area contributed by atoms with Crippen LogP contribution in [0.1, 0.15) is 37.0 Å². The number of hydrogen-bond acceptors (Lipinski definition) is 5. The highest BCUT2D eigenvalue weighted by molar-refractivity contribution is 5.88. The molecule has 7 nitrogen and oxygen atoms in total. The highest BCUT2D eigenvalue weighted by Gasteiger charge is 2.30. The third kappa shape index (κ3) is 7.28. The first kappa shape index (κ1) is 27.0. The van der Waals surface area contributed by atoms with Crippen molar-refractivity contribution < 1.29 is 23.8 Å². The Bertz CT molecular complexity index is 1230. The molecule has 1 N–H and O–H groups in total. The summed E-state index contributed by atoms with van der Waals surface area (Å²) in [4.78, 5) is 29.0. The van der Waals surface area contributed by atoms with Crippen molar-refractivity contribution in [3.8, 4) is 17.2 Å². The van der Waals surface area contributed by atoms with Crippen molar-refractivity contribution in [1.29, 1.82) is 0 Å². The standard InChI is InChI=1S/C31H36N2O5/c1-22(2)32-31(35)27(19-23-8-5-4-6-9-23)33(21-25-10-7-11-26(18-25)36-3)30(34)15-13-24-12-14-28-29(20-24)38-17-16-37-28/h4-12,14,18,20,22,27H,13,15-17,19,21H2,1-3H3,(H,32,35)/t27-/m0/s1. The summed E-state index contributed by atoms with van der Waals surface area (Å²) in [6.07, 6.45) is 1.19. The SMILES string of the molecule is COc1cccc(CN(C(=O)CCc2ccc3c(c2)OCCO3)[C@@H](Cc2ccccc2)C(=O)NC(C)C)c1. The van der Waals surface area contributed by atoms with Crippen molar-refractivity contribution in [1.82, 2.24) is 10.2 Å². The van der Waals surface area contributed by atoms with Crippen molar-refractivity contribution in [3.05, 3.63) is 89.5 Å². The van der Waals surface area contributed by atoms with E-state index in [4.69, 9.17) is 14.2 Å². The van der Waals surface area contributed by atoms with Gasteiger partial charge in [-0.05, 0) is 61.2 Å². The number of ether oxygens (including phenoxy) is 3. The van der Waals surface area contributed by atoms with Gasteiger partial charge in [0.15, 0.2) is 11.5 Å². The Labute approximate surface area is 224 Å². The van der Waals surface area contributed by atoms with Gasteiger partial charge in [0, 0.05) is 25.4 Å². The summed E-state index contributed by atoms with van der Waals surface area (Å²) in [5, 5.41) is 3.03. The van der Waals surface area contributed by atoms with Gasteiger partial charge in [0.1, 0.15) is 25.0 Å². The predicted octanol–water partition coefficient (Wildman–Crippen LogP) is 4.56. The van der Waals surface area contributed by atoms with Crippen LogP contribution in [0.2, 0.25) is 0 Å². The lowest BCUT2D eigenvalue weighted by Gasteiger charge is -2.32. The van der Waals surface area contributed by atoms with E-state index in [2.05, 4.69) is 5.32 Å². The van der Waals surface area contributed by atoms with Gasteiger partial charge in [-0.25, -0.2) is 0 Å². The van der Waals surface area contributed by atoms with Crippen LogP contribution in [0.4, 0.5) is 0 Å². The first-order chi connectivity index (χ1) is 18.4. The number of nitrogens with one attached hydrogen (secondary N) is 1. The van der Waals surface area contributed by atoms with Gasteiger partial charge in [0.2, 0.25) is 11.8 Å². The summed E-state index contributed by atoms with van der Waals surface area (Å²) in [5.41, 5.74) is 2.87. The van der Waals surface area contributed by atoms with E-state index in [9.17, 15) is 9.59 Å². The van der Waals surface area contributed by atoms with Crippen LogP contribution >= 0.6 is 0 Å². The molecule has 3 aromatic rings. The number of fused-ring (bicyclic) bond motifs is 1. The number of carbonyl (C=O) groups is 2. The Morgan fingerprint density at radius 3 is 2.37 bits per heavy atom. The molecule has 0 aliphatic carbocycles. The molecule has 0 aromatic heterocycles. The first-order valence-electron chi connectivity index (χ1n) is 13.1. The van der Waals surface area contributed by atoms with E-state index >= 15 is 0 Å². The van der Waals surface area contributed by atoms with Crippen molar-refractivity contribution in [2.24, 2.45) is 0 Å². The Morgan fingerprint density at radius 2 is 1.63 bits per heavy atom. The van der Waals surface area contributed by atoms with Gasteiger partial charge in [-0.1, -0.05) is 48.5 Å². The summed E-state index contributed by atoms with van der Waals surface area (Å²) >= 11 is 0. The second-order valence-corrected chi connectivity index (χ2v) is 9.72. The zero-order chi connectivity index (χ0) is 26.9. The van der Waals surface area contributed by atoms with Crippen LogP contribution in [0.15, 0.2) is 72.8 Å². The number of benzene rings is 3. The minimum absolute atomic E-state index is 0.0488. The fourth-order valence-corrected chi connectivity index (χ4v) is 4.54. The summed E-state index contributed by atoms with van der Waals surface area (Å²) in [5.74, 6) is 1.87. The molecule has 1 heterocycles. The van der Waals surface area contributed by atoms with Crippen molar-refractivity contribution in [2.45, 2.75) is 51.7 Å². The molecule has 7 heteroatoms. The van der Waals surface area contributed by atoms with Crippen molar-refractivity contribution in [2.75, 3.05) is 20.3 Å². The zero-order valence-electron chi connectivity index (χ0n) is 22.3. The molecule has 0 bridgehead atoms. The van der Waals surface area contributed by atoms with E-state index in [0.717, 1.165) is 22.4 Å². The van der Waals surface area contributed by atoms with E-state index < -0.39 is 6.04 Å². The zero-order valence-corrected chi connectivity index (χ0v) is 22.3. The molecule has 3 aromatic carbocycles. The minimum atomic E-state index is -0.668. The summed E-state index contributed by atoms with van der Waals surface area (Å²) in [6.45, 7) is 5.18. The third-order valence-corrected chi connectivity index (χ3v) is 6.42. The normalized spacial score (nSPS) is 13.1. The maximum atomic E-state index is 13.8. The molecule has 0 fully saturated rings. The Balaban J connectivity index is 1.60. The molecule has 0 radical (unpaired) electrons. The second kappa shape index (κ2) is 13.0. The van der Waals surface area contributed by atoms with Crippen LogP contribution in [0, 0.1) is 0 Å². The first-order valence-corrected chi connectivity index (χ1v) is 13.1. The highest BCUT2D eigenvalue weighted by atomic mass is 16.6. The lowest BCUT2D eigenvalue weighted by molar-refractivity contribution is -0.141. The van der Waals surface area contributed by atoms with Gasteiger partial charge in [0.25, 0.3) is 0 Å².